The van der Waals surface area contributed by atoms with Crippen LogP contribution in [0.1, 0.15) is 35.1 Å². The van der Waals surface area contributed by atoms with Crippen molar-refractivity contribution in [2.45, 2.75) is 37.1 Å². The van der Waals surface area contributed by atoms with E-state index in [0.717, 1.165) is 16.7 Å². The van der Waals surface area contributed by atoms with Crippen molar-refractivity contribution in [2.24, 2.45) is 0 Å². The second-order valence-corrected chi connectivity index (χ2v) is 11.1. The molecule has 0 spiro atoms. The van der Waals surface area contributed by atoms with Crippen LogP contribution in [-0.4, -0.2) is 27.2 Å². The summed E-state index contributed by atoms with van der Waals surface area (Å²) in [5.74, 6) is 0.207. The van der Waals surface area contributed by atoms with E-state index in [9.17, 15) is 13.2 Å². The molecule has 0 heterocycles. The Balaban J connectivity index is 1.22. The van der Waals surface area contributed by atoms with Crippen molar-refractivity contribution >= 4 is 16.2 Å². The zero-order valence-electron chi connectivity index (χ0n) is 21.3. The molecule has 1 unspecified atom stereocenters. The normalized spacial score (nSPS) is 13.3. The molecule has 0 aromatic heterocycles. The maximum Gasteiger partial charge on any atom is 0.407 e. The average Bonchev–Trinajstić information content (AvgIpc) is 3.22. The summed E-state index contributed by atoms with van der Waals surface area (Å²) < 4.78 is 36.7. The van der Waals surface area contributed by atoms with E-state index in [1.54, 1.807) is 36.4 Å². The Morgan fingerprint density at radius 1 is 0.842 bits per heavy atom. The number of hydrogen-bond donors (Lipinski definition) is 1. The van der Waals surface area contributed by atoms with E-state index in [2.05, 4.69) is 29.6 Å². The smallest absolute Gasteiger partial charge is 0.407 e. The van der Waals surface area contributed by atoms with Crippen LogP contribution in [-0.2, 0) is 21.3 Å². The molecule has 4 aromatic carbocycles. The first kappa shape index (κ1) is 25.5. The fourth-order valence-corrected chi connectivity index (χ4v) is 5.81. The van der Waals surface area contributed by atoms with E-state index >= 15 is 0 Å². The van der Waals surface area contributed by atoms with Crippen LogP contribution in [0, 0.1) is 6.92 Å². The van der Waals surface area contributed by atoms with Crippen LogP contribution in [0.25, 0.3) is 11.1 Å². The lowest BCUT2D eigenvalue weighted by Crippen LogP contribution is -2.35. The number of ether oxygens (including phenoxy) is 1. The van der Waals surface area contributed by atoms with E-state index in [-0.39, 0.29) is 29.2 Å². The Morgan fingerprint density at radius 3 is 2.08 bits per heavy atom. The van der Waals surface area contributed by atoms with Gasteiger partial charge in [0.2, 0.25) is 0 Å². The van der Waals surface area contributed by atoms with Crippen molar-refractivity contribution < 1.29 is 22.1 Å². The molecule has 1 aliphatic rings. The molecule has 1 aliphatic carbocycles. The molecule has 4 aromatic rings. The predicted octanol–water partition coefficient (Wildman–Crippen LogP) is 6.23. The summed E-state index contributed by atoms with van der Waals surface area (Å²) >= 11 is 0. The average molecular weight is 528 g/mol. The Morgan fingerprint density at radius 2 is 1.42 bits per heavy atom. The Labute approximate surface area is 223 Å². The molecule has 1 amide bonds. The van der Waals surface area contributed by atoms with Crippen molar-refractivity contribution in [3.8, 4) is 16.9 Å². The van der Waals surface area contributed by atoms with Crippen LogP contribution in [0.5, 0.6) is 5.75 Å². The van der Waals surface area contributed by atoms with Crippen molar-refractivity contribution in [1.29, 1.82) is 0 Å². The van der Waals surface area contributed by atoms with E-state index in [4.69, 9.17) is 8.92 Å². The van der Waals surface area contributed by atoms with Gasteiger partial charge in [0.1, 0.15) is 17.3 Å². The zero-order valence-corrected chi connectivity index (χ0v) is 22.1. The largest absolute Gasteiger partial charge is 0.449 e. The van der Waals surface area contributed by atoms with Crippen molar-refractivity contribution in [1.82, 2.24) is 5.32 Å². The molecule has 0 radical (unpaired) electrons. The molecule has 0 saturated carbocycles. The lowest BCUT2D eigenvalue weighted by atomic mass is 9.98. The second-order valence-electron chi connectivity index (χ2n) is 9.53. The van der Waals surface area contributed by atoms with Gasteiger partial charge in [-0.1, -0.05) is 84.4 Å². The number of aryl methyl sites for hydroxylation is 1. The fraction of sp³-hybridized carbons (Fsp3) is 0.194. The molecule has 7 heteroatoms. The SMILES string of the molecule is Cc1ccc(S(=O)(=O)Oc2ccccc2CC(C)NC(=O)OCC2c3ccccc3-c3ccccc32)cc1. The fourth-order valence-electron chi connectivity index (χ4n) is 4.85. The van der Waals surface area contributed by atoms with E-state index in [1.807, 2.05) is 38.1 Å². The van der Waals surface area contributed by atoms with Gasteiger partial charge in [0, 0.05) is 12.0 Å². The predicted molar refractivity (Wildman–Crippen MR) is 147 cm³/mol. The first-order valence-electron chi connectivity index (χ1n) is 12.5. The summed E-state index contributed by atoms with van der Waals surface area (Å²) in [6.45, 7) is 3.95. The summed E-state index contributed by atoms with van der Waals surface area (Å²) in [6, 6.07) is 29.5. The third-order valence-electron chi connectivity index (χ3n) is 6.72. The molecule has 6 nitrogen and oxygen atoms in total. The minimum absolute atomic E-state index is 0.0236. The van der Waals surface area contributed by atoms with Crippen LogP contribution in [0.15, 0.2) is 102 Å². The number of alkyl carbamates (subject to hydrolysis) is 1. The van der Waals surface area contributed by atoms with Gasteiger partial charge in [0.15, 0.2) is 0 Å². The molecule has 5 rings (SSSR count). The molecular formula is C31H29NO5S. The maximum atomic E-state index is 12.8. The molecule has 1 N–H and O–H groups in total. The number of amides is 1. The quantitative estimate of drug-likeness (QED) is 0.275. The number of nitrogens with one attached hydrogen (secondary N) is 1. The summed E-state index contributed by atoms with van der Waals surface area (Å²) in [7, 11) is -3.99. The summed E-state index contributed by atoms with van der Waals surface area (Å²) in [6.07, 6.45) is -0.158. The highest BCUT2D eigenvalue weighted by Gasteiger charge is 2.29. The van der Waals surface area contributed by atoms with Gasteiger partial charge in [0.25, 0.3) is 0 Å². The first-order chi connectivity index (χ1) is 18.3. The summed E-state index contributed by atoms with van der Waals surface area (Å²) in [4.78, 5) is 12.8. The second kappa shape index (κ2) is 10.7. The standard InChI is InChI=1S/C31H29NO5S/c1-21-15-17-24(18-16-21)38(34,35)37-30-14-8-3-9-23(30)19-22(2)32-31(33)36-20-29-27-12-6-4-10-25(27)26-11-5-7-13-28(26)29/h3-18,22,29H,19-20H2,1-2H3,(H,32,33). The van der Waals surface area contributed by atoms with Gasteiger partial charge in [0.05, 0.1) is 0 Å². The number of carbonyl (C=O) groups excluding carboxylic acids is 1. The zero-order chi connectivity index (χ0) is 26.7. The number of para-hydroxylation sites is 1. The Bertz CT molecular complexity index is 1520. The van der Waals surface area contributed by atoms with Crippen LogP contribution >= 0.6 is 0 Å². The third kappa shape index (κ3) is 5.43. The molecule has 1 atom stereocenters. The van der Waals surface area contributed by atoms with Crippen molar-refractivity contribution in [2.75, 3.05) is 6.61 Å². The molecule has 0 bridgehead atoms. The number of rotatable bonds is 8. The number of carbonyl (C=O) groups is 1. The van der Waals surface area contributed by atoms with Gasteiger partial charge in [-0.15, -0.1) is 0 Å². The van der Waals surface area contributed by atoms with Crippen molar-refractivity contribution in [3.63, 3.8) is 0 Å². The molecule has 0 saturated heterocycles. The number of fused-ring (bicyclic) bond motifs is 3. The topological polar surface area (TPSA) is 81.7 Å². The highest BCUT2D eigenvalue weighted by molar-refractivity contribution is 7.87. The minimum Gasteiger partial charge on any atom is -0.449 e. The third-order valence-corrected chi connectivity index (χ3v) is 7.96. The van der Waals surface area contributed by atoms with E-state index in [0.29, 0.717) is 12.0 Å². The van der Waals surface area contributed by atoms with Gasteiger partial charge in [-0.25, -0.2) is 4.79 Å². The summed E-state index contributed by atoms with van der Waals surface area (Å²) in [5.41, 5.74) is 6.25. The van der Waals surface area contributed by atoms with Crippen LogP contribution in [0.2, 0.25) is 0 Å². The monoisotopic (exact) mass is 527 g/mol. The Hall–Kier alpha value is -4.10. The van der Waals surface area contributed by atoms with Crippen LogP contribution < -0.4 is 9.50 Å². The lowest BCUT2D eigenvalue weighted by molar-refractivity contribution is 0.139. The van der Waals surface area contributed by atoms with Gasteiger partial charge >= 0.3 is 16.2 Å². The lowest BCUT2D eigenvalue weighted by Gasteiger charge is -2.18. The van der Waals surface area contributed by atoms with Gasteiger partial charge in [-0.2, -0.15) is 8.42 Å². The van der Waals surface area contributed by atoms with Gasteiger partial charge in [-0.05, 0) is 66.3 Å². The molecular weight excluding hydrogens is 498 g/mol. The molecule has 194 valence electrons. The molecule has 38 heavy (non-hydrogen) atoms. The maximum absolute atomic E-state index is 12.8. The van der Waals surface area contributed by atoms with Crippen LogP contribution in [0.3, 0.4) is 0 Å². The van der Waals surface area contributed by atoms with Crippen molar-refractivity contribution in [3.05, 3.63) is 119 Å². The highest BCUT2D eigenvalue weighted by atomic mass is 32.2. The molecule has 0 fully saturated rings. The highest BCUT2D eigenvalue weighted by Crippen LogP contribution is 2.44. The first-order valence-corrected chi connectivity index (χ1v) is 13.9. The van der Waals surface area contributed by atoms with Gasteiger partial charge < -0.3 is 14.2 Å². The minimum atomic E-state index is -3.99. The van der Waals surface area contributed by atoms with E-state index in [1.165, 1.54) is 23.3 Å². The summed E-state index contributed by atoms with van der Waals surface area (Å²) in [5, 5.41) is 2.86. The Kier molecular flexibility index (Phi) is 7.20. The van der Waals surface area contributed by atoms with E-state index < -0.39 is 16.2 Å². The number of hydrogen-bond acceptors (Lipinski definition) is 5. The number of benzene rings is 4. The molecule has 0 aliphatic heterocycles. The van der Waals surface area contributed by atoms with Gasteiger partial charge in [-0.3, -0.25) is 0 Å². The van der Waals surface area contributed by atoms with Crippen LogP contribution in [0.4, 0.5) is 4.79 Å².